The van der Waals surface area contributed by atoms with Crippen molar-refractivity contribution in [3.05, 3.63) is 86.0 Å². The fourth-order valence-electron chi connectivity index (χ4n) is 4.22. The lowest BCUT2D eigenvalue weighted by molar-refractivity contribution is -0.390. The van der Waals surface area contributed by atoms with E-state index in [2.05, 4.69) is 20.0 Å². The second-order valence-corrected chi connectivity index (χ2v) is 8.08. The van der Waals surface area contributed by atoms with Crippen LogP contribution in [0.2, 0.25) is 0 Å². The molecule has 0 atom stereocenters. The van der Waals surface area contributed by atoms with E-state index in [-0.39, 0.29) is 34.2 Å². The molecule has 5 rings (SSSR count). The Hall–Kier alpha value is -5.54. The van der Waals surface area contributed by atoms with Crippen LogP contribution in [0.15, 0.2) is 42.7 Å². The van der Waals surface area contributed by atoms with Gasteiger partial charge < -0.3 is 40.3 Å². The molecule has 4 aromatic heterocycles. The van der Waals surface area contributed by atoms with Gasteiger partial charge in [0.2, 0.25) is 11.4 Å². The summed E-state index contributed by atoms with van der Waals surface area (Å²) >= 11 is 0. The van der Waals surface area contributed by atoms with Crippen LogP contribution in [0, 0.1) is 31.9 Å². The van der Waals surface area contributed by atoms with Gasteiger partial charge in [-0.15, -0.1) is 0 Å². The average molecular weight is 543 g/mol. The molecule has 0 unspecified atom stereocenters. The molecule has 5 aromatic rings. The Labute approximate surface area is 216 Å². The van der Waals surface area contributed by atoms with Crippen LogP contribution in [-0.4, -0.2) is 47.9 Å². The number of hydrogen-bond donors (Lipinski definition) is 3. The van der Waals surface area contributed by atoms with Crippen molar-refractivity contribution in [3.8, 4) is 0 Å². The number of halogens is 2. The van der Waals surface area contributed by atoms with Crippen molar-refractivity contribution < 1.29 is 33.0 Å². The predicted octanol–water partition coefficient (Wildman–Crippen LogP) is 4.15. The fourth-order valence-corrected chi connectivity index (χ4v) is 4.22. The Kier molecular flexibility index (Phi) is 6.85. The van der Waals surface area contributed by atoms with Crippen molar-refractivity contribution in [2.75, 3.05) is 12.4 Å². The highest BCUT2D eigenvalue weighted by atomic mass is 19.2. The number of anilines is 1. The number of hydrogen-bond acceptors (Lipinski definition) is 7. The molecule has 16 heteroatoms. The second kappa shape index (κ2) is 10.1. The zero-order chi connectivity index (χ0) is 28.6. The van der Waals surface area contributed by atoms with E-state index in [0.717, 1.165) is 16.7 Å². The Morgan fingerprint density at radius 3 is 1.87 bits per heavy atom. The van der Waals surface area contributed by atoms with Gasteiger partial charge in [-0.1, -0.05) is 0 Å². The SMILES string of the molecule is COC(=O)c1c2cc[nH]c2c([N+](=O)[O-])n1C.Cn1c(C(=O)Nc2ccc(F)c(F)c2)c2cc[nH]c2c1[N+](=O)[O-]. The first-order valence-electron chi connectivity index (χ1n) is 10.9. The number of ether oxygens (including phenoxy) is 1. The molecule has 3 N–H and O–H groups in total. The number of nitro groups is 2. The van der Waals surface area contributed by atoms with Crippen molar-refractivity contribution >= 4 is 51.0 Å². The summed E-state index contributed by atoms with van der Waals surface area (Å²) in [5.41, 5.74) is 0.797. The van der Waals surface area contributed by atoms with E-state index < -0.39 is 33.4 Å². The number of carbonyl (C=O) groups is 2. The number of rotatable bonds is 5. The highest BCUT2D eigenvalue weighted by Crippen LogP contribution is 2.31. The van der Waals surface area contributed by atoms with E-state index in [1.165, 1.54) is 44.1 Å². The van der Waals surface area contributed by atoms with Crippen molar-refractivity contribution in [1.82, 2.24) is 19.1 Å². The number of aromatic amines is 2. The summed E-state index contributed by atoms with van der Waals surface area (Å²) in [6.07, 6.45) is 3.02. The van der Waals surface area contributed by atoms with Crippen LogP contribution in [0.3, 0.4) is 0 Å². The normalized spacial score (nSPS) is 10.8. The molecule has 0 aliphatic carbocycles. The molecule has 0 saturated heterocycles. The summed E-state index contributed by atoms with van der Waals surface area (Å²) in [4.78, 5) is 50.2. The summed E-state index contributed by atoms with van der Waals surface area (Å²) in [5.74, 6) is -3.82. The topological polar surface area (TPSA) is 183 Å². The quantitative estimate of drug-likeness (QED) is 0.169. The second-order valence-electron chi connectivity index (χ2n) is 8.08. The third-order valence-electron chi connectivity index (χ3n) is 5.87. The maximum atomic E-state index is 13.2. The van der Waals surface area contributed by atoms with E-state index in [9.17, 15) is 38.6 Å². The minimum Gasteiger partial charge on any atom is -0.463 e. The number of carbonyl (C=O) groups excluding carboxylic acids is 2. The average Bonchev–Trinajstić information content (AvgIpc) is 3.62. The maximum Gasteiger partial charge on any atom is 0.378 e. The van der Waals surface area contributed by atoms with Crippen LogP contribution < -0.4 is 5.32 Å². The number of amides is 1. The van der Waals surface area contributed by atoms with Gasteiger partial charge in [0.25, 0.3) is 5.91 Å². The first-order valence-corrected chi connectivity index (χ1v) is 10.9. The number of benzene rings is 1. The smallest absolute Gasteiger partial charge is 0.378 e. The lowest BCUT2D eigenvalue weighted by atomic mass is 10.2. The van der Waals surface area contributed by atoms with Gasteiger partial charge in [0.1, 0.15) is 11.0 Å². The van der Waals surface area contributed by atoms with Crippen molar-refractivity contribution in [2.45, 2.75) is 0 Å². The molecule has 202 valence electrons. The van der Waals surface area contributed by atoms with E-state index in [0.29, 0.717) is 16.3 Å². The molecule has 0 aliphatic heterocycles. The zero-order valence-electron chi connectivity index (χ0n) is 20.4. The van der Waals surface area contributed by atoms with Gasteiger partial charge in [-0.05, 0) is 34.1 Å². The minimum atomic E-state index is -1.10. The van der Waals surface area contributed by atoms with Crippen LogP contribution in [0.5, 0.6) is 0 Å². The van der Waals surface area contributed by atoms with E-state index in [4.69, 9.17) is 0 Å². The van der Waals surface area contributed by atoms with Crippen LogP contribution in [-0.2, 0) is 18.8 Å². The monoisotopic (exact) mass is 543 g/mol. The molecule has 0 fully saturated rings. The molecule has 4 heterocycles. The number of nitrogens with one attached hydrogen (secondary N) is 3. The van der Waals surface area contributed by atoms with Crippen molar-refractivity contribution in [3.63, 3.8) is 0 Å². The number of H-pyrrole nitrogens is 2. The molecule has 0 radical (unpaired) electrons. The zero-order valence-corrected chi connectivity index (χ0v) is 20.4. The molecule has 0 aliphatic rings. The van der Waals surface area contributed by atoms with Crippen LogP contribution in [0.1, 0.15) is 21.0 Å². The Morgan fingerprint density at radius 1 is 0.872 bits per heavy atom. The van der Waals surface area contributed by atoms with Crippen molar-refractivity contribution in [1.29, 1.82) is 0 Å². The third kappa shape index (κ3) is 4.54. The molecule has 1 aromatic carbocycles. The summed E-state index contributed by atoms with van der Waals surface area (Å²) in [6.45, 7) is 0. The van der Waals surface area contributed by atoms with Gasteiger partial charge in [0.05, 0.1) is 32.0 Å². The number of nitrogens with zero attached hydrogens (tertiary/aromatic N) is 4. The number of esters is 1. The van der Waals surface area contributed by atoms with Crippen LogP contribution in [0.25, 0.3) is 21.8 Å². The standard InChI is InChI=1S/C14H10F2N4O3.C9H9N3O4/c1-19-12(8-4-5-17-11(8)14(19)20(22)23)13(21)18-7-2-3-9(15)10(16)6-7;1-11-7(9(13)16-2)5-3-4-10-6(5)8(11)12(14)15/h2-6,17H,1H3,(H,18,21);3-4,10H,1-2H3. The third-order valence-corrected chi connectivity index (χ3v) is 5.87. The molecule has 0 saturated carbocycles. The van der Waals surface area contributed by atoms with Gasteiger partial charge in [-0.3, -0.25) is 4.79 Å². The van der Waals surface area contributed by atoms with Gasteiger partial charge in [-0.2, -0.15) is 0 Å². The number of fused-ring (bicyclic) bond motifs is 2. The van der Waals surface area contributed by atoms with Crippen molar-refractivity contribution in [2.24, 2.45) is 14.1 Å². The highest BCUT2D eigenvalue weighted by Gasteiger charge is 2.30. The van der Waals surface area contributed by atoms with Gasteiger partial charge >= 0.3 is 17.6 Å². The number of methoxy groups -OCH3 is 1. The van der Waals surface area contributed by atoms with E-state index >= 15 is 0 Å². The largest absolute Gasteiger partial charge is 0.463 e. The number of aromatic nitrogens is 4. The molecule has 0 spiro atoms. The summed E-state index contributed by atoms with van der Waals surface area (Å²) < 4.78 is 33.1. The first kappa shape index (κ1) is 26.5. The highest BCUT2D eigenvalue weighted by molar-refractivity contribution is 6.13. The molecule has 0 bridgehead atoms. The Morgan fingerprint density at radius 2 is 1.38 bits per heavy atom. The summed E-state index contributed by atoms with van der Waals surface area (Å²) in [7, 11) is 4.07. The Balaban J connectivity index is 0.000000193. The molecule has 1 amide bonds. The van der Waals surface area contributed by atoms with Gasteiger partial charge in [0.15, 0.2) is 11.6 Å². The fraction of sp³-hybridized carbons (Fsp3) is 0.130. The first-order chi connectivity index (χ1) is 18.5. The lowest BCUT2D eigenvalue weighted by Crippen LogP contribution is -2.16. The minimum absolute atomic E-state index is 0.0395. The predicted molar refractivity (Wildman–Crippen MR) is 133 cm³/mol. The van der Waals surface area contributed by atoms with Gasteiger partial charge in [-0.25, -0.2) is 22.7 Å². The molecular formula is C23H19F2N7O7. The molecule has 39 heavy (non-hydrogen) atoms. The van der Waals surface area contributed by atoms with E-state index in [1.807, 2.05) is 0 Å². The maximum absolute atomic E-state index is 13.2. The van der Waals surface area contributed by atoms with Crippen LogP contribution in [0.4, 0.5) is 26.1 Å². The lowest BCUT2D eigenvalue weighted by Gasteiger charge is -2.05. The molecular weight excluding hydrogens is 524 g/mol. The summed E-state index contributed by atoms with van der Waals surface area (Å²) in [5, 5.41) is 25.3. The molecule has 14 nitrogen and oxygen atoms in total. The summed E-state index contributed by atoms with van der Waals surface area (Å²) in [6, 6.07) is 6.04. The Bertz CT molecular complexity index is 1780. The van der Waals surface area contributed by atoms with Gasteiger partial charge in [0, 0.05) is 24.1 Å². The van der Waals surface area contributed by atoms with E-state index in [1.54, 1.807) is 12.3 Å². The van der Waals surface area contributed by atoms with Crippen LogP contribution >= 0.6 is 0 Å².